The number of carbonyl (C=O) groups excluding carboxylic acids is 1. The van der Waals surface area contributed by atoms with Crippen LogP contribution >= 0.6 is 23.6 Å². The summed E-state index contributed by atoms with van der Waals surface area (Å²) in [5.41, 5.74) is 1.81. The van der Waals surface area contributed by atoms with E-state index in [2.05, 4.69) is 31.4 Å². The highest BCUT2D eigenvalue weighted by molar-refractivity contribution is 7.80. The third kappa shape index (κ3) is 3.98. The SMILES string of the molecule is COC(=O)c1c(NC(=S)NCC(C)C)sc2c1CCC(C)C2. The summed E-state index contributed by atoms with van der Waals surface area (Å²) in [5, 5.41) is 7.74. The molecular formula is C16H24N2O2S2. The van der Waals surface area contributed by atoms with Crippen molar-refractivity contribution < 1.29 is 9.53 Å². The van der Waals surface area contributed by atoms with E-state index in [1.165, 1.54) is 12.0 Å². The highest BCUT2D eigenvalue weighted by Crippen LogP contribution is 2.39. The number of esters is 1. The Morgan fingerprint density at radius 1 is 1.50 bits per heavy atom. The number of ether oxygens (including phenoxy) is 1. The van der Waals surface area contributed by atoms with E-state index < -0.39 is 0 Å². The highest BCUT2D eigenvalue weighted by Gasteiger charge is 2.28. The summed E-state index contributed by atoms with van der Waals surface area (Å²) < 4.78 is 4.97. The lowest BCUT2D eigenvalue weighted by molar-refractivity contribution is 0.0601. The minimum Gasteiger partial charge on any atom is -0.465 e. The summed E-state index contributed by atoms with van der Waals surface area (Å²) in [4.78, 5) is 13.5. The van der Waals surface area contributed by atoms with Crippen LogP contribution in [-0.2, 0) is 17.6 Å². The molecule has 0 amide bonds. The Kier molecular flexibility index (Phi) is 5.81. The van der Waals surface area contributed by atoms with Crippen molar-refractivity contribution >= 4 is 39.6 Å². The molecular weight excluding hydrogens is 316 g/mol. The van der Waals surface area contributed by atoms with Gasteiger partial charge in [-0.25, -0.2) is 4.79 Å². The largest absolute Gasteiger partial charge is 0.465 e. The Labute approximate surface area is 141 Å². The van der Waals surface area contributed by atoms with E-state index in [-0.39, 0.29) is 5.97 Å². The Hall–Kier alpha value is -1.14. The molecule has 122 valence electrons. The smallest absolute Gasteiger partial charge is 0.341 e. The number of nitrogens with one attached hydrogen (secondary N) is 2. The average molecular weight is 341 g/mol. The monoisotopic (exact) mass is 340 g/mol. The number of thiocarbonyl (C=S) groups is 1. The predicted molar refractivity (Wildman–Crippen MR) is 95.9 cm³/mol. The molecule has 2 N–H and O–H groups in total. The van der Waals surface area contributed by atoms with Crippen LogP contribution in [0.5, 0.6) is 0 Å². The molecule has 1 aliphatic rings. The minimum atomic E-state index is -0.277. The molecule has 0 aliphatic heterocycles. The van der Waals surface area contributed by atoms with E-state index >= 15 is 0 Å². The van der Waals surface area contributed by atoms with Crippen molar-refractivity contribution in [1.29, 1.82) is 0 Å². The molecule has 0 spiro atoms. The van der Waals surface area contributed by atoms with Crippen LogP contribution in [0.15, 0.2) is 0 Å². The summed E-state index contributed by atoms with van der Waals surface area (Å²) in [6.45, 7) is 7.31. The van der Waals surface area contributed by atoms with Gasteiger partial charge in [-0.05, 0) is 48.9 Å². The first-order valence-corrected chi connectivity index (χ1v) is 8.92. The van der Waals surface area contributed by atoms with Crippen molar-refractivity contribution in [3.05, 3.63) is 16.0 Å². The lowest BCUT2D eigenvalue weighted by Gasteiger charge is -2.18. The molecule has 1 atom stereocenters. The maximum absolute atomic E-state index is 12.2. The molecule has 0 fully saturated rings. The first-order valence-electron chi connectivity index (χ1n) is 7.70. The van der Waals surface area contributed by atoms with Crippen molar-refractivity contribution in [3.8, 4) is 0 Å². The highest BCUT2D eigenvalue weighted by atomic mass is 32.1. The Bertz CT molecular complexity index is 567. The predicted octanol–water partition coefficient (Wildman–Crippen LogP) is 3.60. The number of fused-ring (bicyclic) bond motifs is 1. The van der Waals surface area contributed by atoms with E-state index in [1.54, 1.807) is 11.3 Å². The van der Waals surface area contributed by atoms with Crippen molar-refractivity contribution in [2.24, 2.45) is 11.8 Å². The van der Waals surface area contributed by atoms with Crippen molar-refractivity contribution in [3.63, 3.8) is 0 Å². The quantitative estimate of drug-likeness (QED) is 0.648. The first-order chi connectivity index (χ1) is 10.4. The minimum absolute atomic E-state index is 0.277. The Balaban J connectivity index is 2.23. The van der Waals surface area contributed by atoms with Crippen LogP contribution in [0, 0.1) is 11.8 Å². The zero-order valence-electron chi connectivity index (χ0n) is 13.6. The van der Waals surface area contributed by atoms with E-state index in [9.17, 15) is 4.79 Å². The zero-order valence-corrected chi connectivity index (χ0v) is 15.2. The van der Waals surface area contributed by atoms with E-state index in [0.29, 0.717) is 22.5 Å². The molecule has 22 heavy (non-hydrogen) atoms. The molecule has 6 heteroatoms. The van der Waals surface area contributed by atoms with Crippen LogP contribution in [0.1, 0.15) is 48.0 Å². The number of hydrogen-bond acceptors (Lipinski definition) is 4. The molecule has 1 aromatic heterocycles. The molecule has 4 nitrogen and oxygen atoms in total. The van der Waals surface area contributed by atoms with Crippen molar-refractivity contribution in [2.75, 3.05) is 19.0 Å². The van der Waals surface area contributed by atoms with Crippen LogP contribution in [0.4, 0.5) is 5.00 Å². The fourth-order valence-electron chi connectivity index (χ4n) is 2.60. The number of thiophene rings is 1. The topological polar surface area (TPSA) is 50.4 Å². The molecule has 1 aliphatic carbocycles. The number of rotatable bonds is 4. The van der Waals surface area contributed by atoms with Gasteiger partial charge in [0.15, 0.2) is 5.11 Å². The second kappa shape index (κ2) is 7.42. The molecule has 1 heterocycles. The third-order valence-corrected chi connectivity index (χ3v) is 5.22. The van der Waals surface area contributed by atoms with Crippen molar-refractivity contribution in [2.45, 2.75) is 40.0 Å². The molecule has 0 radical (unpaired) electrons. The molecule has 0 saturated heterocycles. The van der Waals surface area contributed by atoms with Crippen LogP contribution in [0.2, 0.25) is 0 Å². The van der Waals surface area contributed by atoms with Crippen LogP contribution in [0.3, 0.4) is 0 Å². The second-order valence-electron chi connectivity index (χ2n) is 6.28. The Morgan fingerprint density at radius 3 is 2.86 bits per heavy atom. The number of anilines is 1. The third-order valence-electron chi connectivity index (χ3n) is 3.80. The first kappa shape index (κ1) is 17.2. The van der Waals surface area contributed by atoms with E-state index in [4.69, 9.17) is 17.0 Å². The summed E-state index contributed by atoms with van der Waals surface area (Å²) in [5.74, 6) is 0.897. The summed E-state index contributed by atoms with van der Waals surface area (Å²) >= 11 is 6.97. The summed E-state index contributed by atoms with van der Waals surface area (Å²) in [6.07, 6.45) is 3.08. The van der Waals surface area contributed by atoms with Gasteiger partial charge in [0, 0.05) is 11.4 Å². The molecule has 0 aromatic carbocycles. The lowest BCUT2D eigenvalue weighted by atomic mass is 9.88. The average Bonchev–Trinajstić information content (AvgIpc) is 2.81. The van der Waals surface area contributed by atoms with Gasteiger partial charge >= 0.3 is 5.97 Å². The van der Waals surface area contributed by atoms with E-state index in [0.717, 1.165) is 36.4 Å². The maximum Gasteiger partial charge on any atom is 0.341 e. The molecule has 0 saturated carbocycles. The molecule has 1 unspecified atom stereocenters. The van der Waals surface area contributed by atoms with Gasteiger partial charge in [-0.15, -0.1) is 11.3 Å². The van der Waals surface area contributed by atoms with Gasteiger partial charge in [0.1, 0.15) is 5.00 Å². The van der Waals surface area contributed by atoms with Gasteiger partial charge in [-0.3, -0.25) is 0 Å². The van der Waals surface area contributed by atoms with Gasteiger partial charge in [0.2, 0.25) is 0 Å². The Morgan fingerprint density at radius 2 is 2.23 bits per heavy atom. The zero-order chi connectivity index (χ0) is 16.3. The van der Waals surface area contributed by atoms with Crippen LogP contribution < -0.4 is 10.6 Å². The van der Waals surface area contributed by atoms with Gasteiger partial charge in [0.25, 0.3) is 0 Å². The number of hydrogen-bond donors (Lipinski definition) is 2. The lowest BCUT2D eigenvalue weighted by Crippen LogP contribution is -2.31. The molecule has 2 rings (SSSR count). The van der Waals surface area contributed by atoms with Crippen LogP contribution in [-0.4, -0.2) is 24.7 Å². The standard InChI is InChI=1S/C16H24N2O2S2/c1-9(2)8-17-16(21)18-14-13(15(19)20-4)11-6-5-10(3)7-12(11)22-14/h9-10H,5-8H2,1-4H3,(H2,17,18,21). The number of methoxy groups -OCH3 is 1. The number of carbonyl (C=O) groups is 1. The fourth-order valence-corrected chi connectivity index (χ4v) is 4.25. The van der Waals surface area contributed by atoms with Crippen LogP contribution in [0.25, 0.3) is 0 Å². The van der Waals surface area contributed by atoms with Gasteiger partial charge < -0.3 is 15.4 Å². The molecule has 0 bridgehead atoms. The summed E-state index contributed by atoms with van der Waals surface area (Å²) in [7, 11) is 1.43. The fraction of sp³-hybridized carbons (Fsp3) is 0.625. The second-order valence-corrected chi connectivity index (χ2v) is 7.79. The van der Waals surface area contributed by atoms with Gasteiger partial charge in [-0.1, -0.05) is 20.8 Å². The van der Waals surface area contributed by atoms with Gasteiger partial charge in [-0.2, -0.15) is 0 Å². The normalized spacial score (nSPS) is 17.0. The van der Waals surface area contributed by atoms with E-state index in [1.807, 2.05) is 0 Å². The van der Waals surface area contributed by atoms with Crippen molar-refractivity contribution in [1.82, 2.24) is 5.32 Å². The summed E-state index contributed by atoms with van der Waals surface area (Å²) in [6, 6.07) is 0. The maximum atomic E-state index is 12.2. The molecule has 1 aromatic rings. The van der Waals surface area contributed by atoms with Gasteiger partial charge in [0.05, 0.1) is 12.7 Å².